The van der Waals surface area contributed by atoms with Gasteiger partial charge in [0.2, 0.25) is 0 Å². The lowest BCUT2D eigenvalue weighted by atomic mass is 10.1. The fourth-order valence-electron chi connectivity index (χ4n) is 1.47. The van der Waals surface area contributed by atoms with Gasteiger partial charge in [-0.05, 0) is 24.3 Å². The number of nitrogen functional groups attached to an aromatic ring is 1. The van der Waals surface area contributed by atoms with Crippen LogP contribution in [0.2, 0.25) is 0 Å². The van der Waals surface area contributed by atoms with Gasteiger partial charge in [0.15, 0.2) is 5.69 Å². The number of aromatic nitrogens is 1. The molecule has 1 aromatic heterocycles. The van der Waals surface area contributed by atoms with E-state index in [2.05, 4.69) is 4.98 Å². The van der Waals surface area contributed by atoms with E-state index < -0.39 is 5.97 Å². The molecule has 0 aliphatic heterocycles. The highest BCUT2D eigenvalue weighted by molar-refractivity contribution is 5.92. The molecule has 2 aromatic rings. The number of hydrogen-bond donors (Lipinski definition) is 3. The van der Waals surface area contributed by atoms with Crippen LogP contribution in [0.4, 0.5) is 5.69 Å². The summed E-state index contributed by atoms with van der Waals surface area (Å²) in [5.74, 6) is -1.08. The first-order valence-electron chi connectivity index (χ1n) is 4.87. The maximum Gasteiger partial charge on any atom is 0.356 e. The van der Waals surface area contributed by atoms with Crippen LogP contribution >= 0.6 is 0 Å². The predicted molar refractivity (Wildman–Crippen MR) is 62.7 cm³/mol. The number of phenolic OH excluding ortho intramolecular Hbond substituents is 1. The molecule has 0 saturated heterocycles. The van der Waals surface area contributed by atoms with Gasteiger partial charge in [0, 0.05) is 5.56 Å². The van der Waals surface area contributed by atoms with Gasteiger partial charge in [0.1, 0.15) is 5.75 Å². The number of carbonyl (C=O) groups is 1. The molecular formula is C12H10N2O3. The Kier molecular flexibility index (Phi) is 2.66. The highest BCUT2D eigenvalue weighted by Gasteiger charge is 2.11. The first kappa shape index (κ1) is 10.9. The summed E-state index contributed by atoms with van der Waals surface area (Å²) >= 11 is 0. The fourth-order valence-corrected chi connectivity index (χ4v) is 1.47. The Bertz CT molecular complexity index is 582. The van der Waals surface area contributed by atoms with Crippen molar-refractivity contribution in [3.63, 3.8) is 0 Å². The molecule has 0 aliphatic rings. The lowest BCUT2D eigenvalue weighted by Gasteiger charge is -2.05. The van der Waals surface area contributed by atoms with Crippen molar-refractivity contribution >= 4 is 11.7 Å². The highest BCUT2D eigenvalue weighted by Crippen LogP contribution is 2.23. The van der Waals surface area contributed by atoms with E-state index in [1.807, 2.05) is 0 Å². The number of nitrogens with two attached hydrogens (primary N) is 1. The third kappa shape index (κ3) is 2.17. The Labute approximate surface area is 97.2 Å². The van der Waals surface area contributed by atoms with Crippen LogP contribution in [0.3, 0.4) is 0 Å². The molecule has 0 atom stereocenters. The standard InChI is InChI=1S/C12H10N2O3/c13-9-4-5-10(14-11(9)12(16)17)7-2-1-3-8(15)6-7/h1-6,15H,13H2,(H,16,17). The number of rotatable bonds is 2. The number of carboxylic acids is 1. The summed E-state index contributed by atoms with van der Waals surface area (Å²) < 4.78 is 0. The second-order valence-corrected chi connectivity index (χ2v) is 3.49. The molecular weight excluding hydrogens is 220 g/mol. The summed E-state index contributed by atoms with van der Waals surface area (Å²) in [4.78, 5) is 14.8. The second-order valence-electron chi connectivity index (χ2n) is 3.49. The Morgan fingerprint density at radius 2 is 2.00 bits per heavy atom. The average molecular weight is 230 g/mol. The van der Waals surface area contributed by atoms with Crippen molar-refractivity contribution in [3.8, 4) is 17.0 Å². The maximum atomic E-state index is 10.9. The van der Waals surface area contributed by atoms with Gasteiger partial charge in [-0.2, -0.15) is 0 Å². The van der Waals surface area contributed by atoms with E-state index in [0.717, 1.165) is 0 Å². The largest absolute Gasteiger partial charge is 0.508 e. The number of carboxylic acid groups (broad SMARTS) is 1. The zero-order chi connectivity index (χ0) is 12.4. The Balaban J connectivity index is 2.54. The quantitative estimate of drug-likeness (QED) is 0.730. The molecule has 4 N–H and O–H groups in total. The highest BCUT2D eigenvalue weighted by atomic mass is 16.4. The molecule has 86 valence electrons. The van der Waals surface area contributed by atoms with E-state index in [0.29, 0.717) is 11.3 Å². The van der Waals surface area contributed by atoms with Crippen LogP contribution in [0.25, 0.3) is 11.3 Å². The van der Waals surface area contributed by atoms with E-state index in [1.54, 1.807) is 18.2 Å². The number of pyridine rings is 1. The molecule has 1 heterocycles. The third-order valence-electron chi connectivity index (χ3n) is 2.27. The Morgan fingerprint density at radius 3 is 2.65 bits per heavy atom. The number of anilines is 1. The topological polar surface area (TPSA) is 96.4 Å². The number of aromatic carboxylic acids is 1. The van der Waals surface area contributed by atoms with E-state index >= 15 is 0 Å². The van der Waals surface area contributed by atoms with Crippen molar-refractivity contribution in [2.45, 2.75) is 0 Å². The van der Waals surface area contributed by atoms with E-state index in [1.165, 1.54) is 18.2 Å². The molecule has 0 unspecified atom stereocenters. The minimum Gasteiger partial charge on any atom is -0.508 e. The lowest BCUT2D eigenvalue weighted by Crippen LogP contribution is -2.06. The van der Waals surface area contributed by atoms with E-state index in [-0.39, 0.29) is 17.1 Å². The molecule has 1 aromatic carbocycles. The van der Waals surface area contributed by atoms with Gasteiger partial charge >= 0.3 is 5.97 Å². The predicted octanol–water partition coefficient (Wildman–Crippen LogP) is 1.73. The number of hydrogen-bond acceptors (Lipinski definition) is 4. The summed E-state index contributed by atoms with van der Waals surface area (Å²) in [6, 6.07) is 9.50. The van der Waals surface area contributed by atoms with Crippen LogP contribution in [0, 0.1) is 0 Å². The zero-order valence-corrected chi connectivity index (χ0v) is 8.79. The van der Waals surface area contributed by atoms with Crippen molar-refractivity contribution in [1.82, 2.24) is 4.98 Å². The smallest absolute Gasteiger partial charge is 0.356 e. The minimum absolute atomic E-state index is 0.0954. The summed E-state index contributed by atoms with van der Waals surface area (Å²) in [5, 5.41) is 18.2. The van der Waals surface area contributed by atoms with Crippen LogP contribution in [-0.4, -0.2) is 21.2 Å². The van der Waals surface area contributed by atoms with Crippen LogP contribution in [0.5, 0.6) is 5.75 Å². The third-order valence-corrected chi connectivity index (χ3v) is 2.27. The molecule has 2 rings (SSSR count). The Hall–Kier alpha value is -2.56. The normalized spacial score (nSPS) is 10.1. The molecule has 0 bridgehead atoms. The van der Waals surface area contributed by atoms with Crippen LogP contribution < -0.4 is 5.73 Å². The molecule has 0 radical (unpaired) electrons. The fraction of sp³-hybridized carbons (Fsp3) is 0. The number of nitrogens with zero attached hydrogens (tertiary/aromatic N) is 1. The van der Waals surface area contributed by atoms with Gasteiger partial charge in [0.05, 0.1) is 11.4 Å². The van der Waals surface area contributed by atoms with Crippen molar-refractivity contribution in [3.05, 3.63) is 42.1 Å². The van der Waals surface area contributed by atoms with Gasteiger partial charge in [-0.3, -0.25) is 0 Å². The maximum absolute atomic E-state index is 10.9. The van der Waals surface area contributed by atoms with Crippen LogP contribution in [-0.2, 0) is 0 Å². The number of benzene rings is 1. The first-order valence-corrected chi connectivity index (χ1v) is 4.87. The van der Waals surface area contributed by atoms with Gasteiger partial charge in [-0.25, -0.2) is 9.78 Å². The molecule has 17 heavy (non-hydrogen) atoms. The molecule has 0 aliphatic carbocycles. The van der Waals surface area contributed by atoms with Crippen molar-refractivity contribution in [2.24, 2.45) is 0 Å². The second kappa shape index (κ2) is 4.13. The average Bonchev–Trinajstić information content (AvgIpc) is 2.29. The summed E-state index contributed by atoms with van der Waals surface area (Å²) in [5.41, 5.74) is 6.51. The summed E-state index contributed by atoms with van der Waals surface area (Å²) in [6.07, 6.45) is 0. The van der Waals surface area contributed by atoms with Gasteiger partial charge in [-0.1, -0.05) is 12.1 Å². The SMILES string of the molecule is Nc1ccc(-c2cccc(O)c2)nc1C(=O)O. The lowest BCUT2D eigenvalue weighted by molar-refractivity contribution is 0.0692. The molecule has 5 heteroatoms. The summed E-state index contributed by atoms with van der Waals surface area (Å²) in [7, 11) is 0. The molecule has 0 spiro atoms. The monoisotopic (exact) mass is 230 g/mol. The van der Waals surface area contributed by atoms with Gasteiger partial charge < -0.3 is 15.9 Å². The number of phenols is 1. The molecule has 5 nitrogen and oxygen atoms in total. The van der Waals surface area contributed by atoms with Crippen molar-refractivity contribution in [2.75, 3.05) is 5.73 Å². The first-order chi connectivity index (χ1) is 8.08. The summed E-state index contributed by atoms with van der Waals surface area (Å²) in [6.45, 7) is 0. The van der Waals surface area contributed by atoms with Crippen LogP contribution in [0.1, 0.15) is 10.5 Å². The Morgan fingerprint density at radius 1 is 1.24 bits per heavy atom. The zero-order valence-electron chi connectivity index (χ0n) is 8.79. The molecule has 0 saturated carbocycles. The minimum atomic E-state index is -1.18. The van der Waals surface area contributed by atoms with Crippen molar-refractivity contribution < 1.29 is 15.0 Å². The number of aromatic hydroxyl groups is 1. The molecule has 0 amide bonds. The molecule has 0 fully saturated rings. The van der Waals surface area contributed by atoms with Crippen LogP contribution in [0.15, 0.2) is 36.4 Å². The van der Waals surface area contributed by atoms with Gasteiger partial charge in [-0.15, -0.1) is 0 Å². The van der Waals surface area contributed by atoms with Crippen molar-refractivity contribution in [1.29, 1.82) is 0 Å². The van der Waals surface area contributed by atoms with Gasteiger partial charge in [0.25, 0.3) is 0 Å². The van der Waals surface area contributed by atoms with E-state index in [9.17, 15) is 9.90 Å². The van der Waals surface area contributed by atoms with E-state index in [4.69, 9.17) is 10.8 Å².